The van der Waals surface area contributed by atoms with E-state index in [0.717, 1.165) is 5.56 Å². The molecule has 1 atom stereocenters. The van der Waals surface area contributed by atoms with Crippen LogP contribution in [0, 0.1) is 0 Å². The number of nitrogens with two attached hydrogens (primary N) is 1. The summed E-state index contributed by atoms with van der Waals surface area (Å²) >= 11 is 0. The molecule has 0 unspecified atom stereocenters. The quantitative estimate of drug-likeness (QED) is 0.623. The predicted octanol–water partition coefficient (Wildman–Crippen LogP) is 1.31. The van der Waals surface area contributed by atoms with Gasteiger partial charge in [-0.1, -0.05) is 12.1 Å². The molecule has 0 aliphatic heterocycles. The number of carbonyl (C=O) groups is 1. The number of aromatic hydroxyl groups is 1. The van der Waals surface area contributed by atoms with E-state index in [1.54, 1.807) is 48.5 Å². The fourth-order valence-electron chi connectivity index (χ4n) is 1.98. The molecule has 0 aromatic heterocycles. The van der Waals surface area contributed by atoms with Crippen LogP contribution in [0.15, 0.2) is 48.5 Å². The van der Waals surface area contributed by atoms with Gasteiger partial charge in [-0.2, -0.15) is 0 Å². The molecule has 0 heterocycles. The van der Waals surface area contributed by atoms with Gasteiger partial charge in [0.25, 0.3) is 5.91 Å². The molecule has 0 radical (unpaired) electrons. The first-order valence-corrected chi connectivity index (χ1v) is 6.63. The summed E-state index contributed by atoms with van der Waals surface area (Å²) in [7, 11) is 0. The van der Waals surface area contributed by atoms with E-state index >= 15 is 0 Å². The van der Waals surface area contributed by atoms with Crippen molar-refractivity contribution in [1.29, 1.82) is 0 Å². The number of nitrogen functional groups attached to an aromatic ring is 1. The zero-order valence-corrected chi connectivity index (χ0v) is 11.5. The molecular weight excluding hydrogens is 268 g/mol. The molecule has 2 aromatic carbocycles. The van der Waals surface area contributed by atoms with Crippen molar-refractivity contribution in [2.75, 3.05) is 12.3 Å². The van der Waals surface area contributed by atoms with Gasteiger partial charge in [0.2, 0.25) is 0 Å². The molecule has 5 N–H and O–H groups in total. The number of aliphatic hydroxyl groups excluding tert-OH is 1. The van der Waals surface area contributed by atoms with E-state index in [0.29, 0.717) is 17.7 Å². The average molecular weight is 286 g/mol. The second-order valence-electron chi connectivity index (χ2n) is 4.85. The summed E-state index contributed by atoms with van der Waals surface area (Å²) < 4.78 is 0. The van der Waals surface area contributed by atoms with E-state index in [2.05, 4.69) is 5.32 Å². The maximum Gasteiger partial charge on any atom is 0.251 e. The number of hydrogen-bond acceptors (Lipinski definition) is 4. The third kappa shape index (κ3) is 4.22. The van der Waals surface area contributed by atoms with Gasteiger partial charge >= 0.3 is 0 Å². The highest BCUT2D eigenvalue weighted by Gasteiger charge is 2.13. The van der Waals surface area contributed by atoms with E-state index < -0.39 is 0 Å². The standard InChI is InChI=1S/C16H18N2O3/c17-13-5-3-12(4-6-13)16(21)18-14(10-19)9-11-1-7-15(20)8-2-11/h1-8,14,19-20H,9-10,17H2,(H,18,21)/t14-/m0/s1. The van der Waals surface area contributed by atoms with Gasteiger partial charge in [-0.3, -0.25) is 4.79 Å². The number of anilines is 1. The zero-order chi connectivity index (χ0) is 15.2. The maximum atomic E-state index is 12.1. The first kappa shape index (κ1) is 14.9. The summed E-state index contributed by atoms with van der Waals surface area (Å²) in [5, 5.41) is 21.4. The highest BCUT2D eigenvalue weighted by atomic mass is 16.3. The largest absolute Gasteiger partial charge is 0.508 e. The van der Waals surface area contributed by atoms with Gasteiger partial charge in [-0.05, 0) is 48.4 Å². The fourth-order valence-corrected chi connectivity index (χ4v) is 1.98. The van der Waals surface area contributed by atoms with Crippen LogP contribution < -0.4 is 11.1 Å². The van der Waals surface area contributed by atoms with Gasteiger partial charge in [0.05, 0.1) is 12.6 Å². The van der Waals surface area contributed by atoms with Crippen LogP contribution in [0.1, 0.15) is 15.9 Å². The summed E-state index contributed by atoms with van der Waals surface area (Å²) in [5.41, 5.74) is 7.58. The lowest BCUT2D eigenvalue weighted by atomic mass is 10.1. The summed E-state index contributed by atoms with van der Waals surface area (Å²) in [6.07, 6.45) is 0.484. The Balaban J connectivity index is 1.99. The van der Waals surface area contributed by atoms with E-state index in [9.17, 15) is 15.0 Å². The molecule has 1 amide bonds. The lowest BCUT2D eigenvalue weighted by Gasteiger charge is -2.16. The highest BCUT2D eigenvalue weighted by molar-refractivity contribution is 5.94. The van der Waals surface area contributed by atoms with Crippen molar-refractivity contribution in [1.82, 2.24) is 5.32 Å². The third-order valence-corrected chi connectivity index (χ3v) is 3.15. The second kappa shape index (κ2) is 6.76. The van der Waals surface area contributed by atoms with Crippen LogP contribution in [0.5, 0.6) is 5.75 Å². The molecule has 0 aliphatic carbocycles. The molecule has 0 aliphatic rings. The molecule has 0 fully saturated rings. The van der Waals surface area contributed by atoms with Crippen LogP contribution in [0.4, 0.5) is 5.69 Å². The third-order valence-electron chi connectivity index (χ3n) is 3.15. The van der Waals surface area contributed by atoms with Gasteiger partial charge in [0, 0.05) is 11.3 Å². The Morgan fingerprint density at radius 3 is 2.29 bits per heavy atom. The minimum atomic E-state index is -0.389. The Kier molecular flexibility index (Phi) is 4.79. The molecule has 2 rings (SSSR count). The number of hydrogen-bond donors (Lipinski definition) is 4. The molecule has 0 spiro atoms. The average Bonchev–Trinajstić information content (AvgIpc) is 2.49. The minimum Gasteiger partial charge on any atom is -0.508 e. The van der Waals surface area contributed by atoms with E-state index in [1.807, 2.05) is 0 Å². The van der Waals surface area contributed by atoms with Gasteiger partial charge in [-0.25, -0.2) is 0 Å². The Morgan fingerprint density at radius 1 is 1.10 bits per heavy atom. The fraction of sp³-hybridized carbons (Fsp3) is 0.188. The predicted molar refractivity (Wildman–Crippen MR) is 81.0 cm³/mol. The van der Waals surface area contributed by atoms with Crippen LogP contribution in [0.3, 0.4) is 0 Å². The Bertz CT molecular complexity index is 594. The molecule has 5 nitrogen and oxygen atoms in total. The maximum absolute atomic E-state index is 12.1. The van der Waals surface area contributed by atoms with Crippen LogP contribution in [0.25, 0.3) is 0 Å². The molecule has 21 heavy (non-hydrogen) atoms. The summed E-state index contributed by atoms with van der Waals surface area (Å²) in [5.74, 6) is -0.0713. The second-order valence-corrected chi connectivity index (χ2v) is 4.85. The van der Waals surface area contributed by atoms with E-state index in [4.69, 9.17) is 5.73 Å². The SMILES string of the molecule is Nc1ccc(C(=O)N[C@H](CO)Cc2ccc(O)cc2)cc1. The first-order valence-electron chi connectivity index (χ1n) is 6.63. The van der Waals surface area contributed by atoms with Gasteiger partial charge in [0.1, 0.15) is 5.75 Å². The molecule has 5 heteroatoms. The molecule has 110 valence electrons. The van der Waals surface area contributed by atoms with Crippen LogP contribution >= 0.6 is 0 Å². The Labute approximate surface area is 123 Å². The van der Waals surface area contributed by atoms with Crippen LogP contribution in [-0.2, 0) is 6.42 Å². The number of carbonyl (C=O) groups excluding carboxylic acids is 1. The normalized spacial score (nSPS) is 11.9. The number of aliphatic hydroxyl groups is 1. The monoisotopic (exact) mass is 286 g/mol. The van der Waals surface area contributed by atoms with Crippen molar-refractivity contribution in [2.24, 2.45) is 0 Å². The van der Waals surface area contributed by atoms with Crippen LogP contribution in [0.2, 0.25) is 0 Å². The van der Waals surface area contributed by atoms with Crippen molar-refractivity contribution in [3.05, 3.63) is 59.7 Å². The molecule has 2 aromatic rings. The number of amides is 1. The van der Waals surface area contributed by atoms with Crippen molar-refractivity contribution in [2.45, 2.75) is 12.5 Å². The van der Waals surface area contributed by atoms with Crippen LogP contribution in [-0.4, -0.2) is 28.8 Å². The molecule has 0 bridgehead atoms. The van der Waals surface area contributed by atoms with Crippen molar-refractivity contribution >= 4 is 11.6 Å². The molecule has 0 saturated heterocycles. The Hall–Kier alpha value is -2.53. The first-order chi connectivity index (χ1) is 10.1. The smallest absolute Gasteiger partial charge is 0.251 e. The van der Waals surface area contributed by atoms with Crippen molar-refractivity contribution in [3.8, 4) is 5.75 Å². The number of benzene rings is 2. The van der Waals surface area contributed by atoms with E-state index in [-0.39, 0.29) is 24.3 Å². The summed E-state index contributed by atoms with van der Waals surface area (Å²) in [6, 6.07) is 12.9. The van der Waals surface area contributed by atoms with Gasteiger partial charge in [-0.15, -0.1) is 0 Å². The van der Waals surface area contributed by atoms with Gasteiger partial charge in [0.15, 0.2) is 0 Å². The minimum absolute atomic E-state index is 0.165. The molecule has 0 saturated carbocycles. The number of phenols is 1. The van der Waals surface area contributed by atoms with E-state index in [1.165, 1.54) is 0 Å². The Morgan fingerprint density at radius 2 is 1.71 bits per heavy atom. The molecular formula is C16H18N2O3. The number of rotatable bonds is 5. The zero-order valence-electron chi connectivity index (χ0n) is 11.5. The lowest BCUT2D eigenvalue weighted by Crippen LogP contribution is -2.39. The highest BCUT2D eigenvalue weighted by Crippen LogP contribution is 2.12. The number of nitrogens with one attached hydrogen (secondary N) is 1. The number of phenolic OH excluding ortho intramolecular Hbond substituents is 1. The summed E-state index contributed by atoms with van der Waals surface area (Å²) in [6.45, 7) is -0.165. The lowest BCUT2D eigenvalue weighted by molar-refractivity contribution is 0.0916. The van der Waals surface area contributed by atoms with Crippen molar-refractivity contribution in [3.63, 3.8) is 0 Å². The van der Waals surface area contributed by atoms with Gasteiger partial charge < -0.3 is 21.3 Å². The summed E-state index contributed by atoms with van der Waals surface area (Å²) in [4.78, 5) is 12.1. The van der Waals surface area contributed by atoms with Crippen molar-refractivity contribution < 1.29 is 15.0 Å². The topological polar surface area (TPSA) is 95.6 Å².